The average Bonchev–Trinajstić information content (AvgIpc) is 2.32. The van der Waals surface area contributed by atoms with Crippen molar-refractivity contribution in [3.8, 4) is 0 Å². The van der Waals surface area contributed by atoms with Gasteiger partial charge in [0.15, 0.2) is 0 Å². The minimum absolute atomic E-state index is 0.808. The summed E-state index contributed by atoms with van der Waals surface area (Å²) < 4.78 is 0. The third-order valence-corrected chi connectivity index (χ3v) is 3.89. The van der Waals surface area contributed by atoms with E-state index in [1.54, 1.807) is 6.20 Å². The Morgan fingerprint density at radius 3 is 2.50 bits per heavy atom. The lowest BCUT2D eigenvalue weighted by atomic mass is 9.80. The lowest BCUT2D eigenvalue weighted by molar-refractivity contribution is 0.419. The normalized spacial score (nSPS) is 15.3. The molecule has 2 nitrogen and oxygen atoms in total. The zero-order valence-electron chi connectivity index (χ0n) is 10.5. The topological polar surface area (TPSA) is 38.9 Å². The van der Waals surface area contributed by atoms with Gasteiger partial charge in [-0.15, -0.1) is 0 Å². The van der Waals surface area contributed by atoms with Gasteiger partial charge >= 0.3 is 0 Å². The predicted molar refractivity (Wildman–Crippen MR) is 74.5 cm³/mol. The molecule has 2 N–H and O–H groups in total. The zero-order chi connectivity index (χ0) is 12.4. The molecule has 92 valence electrons. The van der Waals surface area contributed by atoms with Crippen molar-refractivity contribution in [1.29, 1.82) is 0 Å². The largest absolute Gasteiger partial charge is 0.398 e. The van der Waals surface area contributed by atoms with Gasteiger partial charge in [0.25, 0.3) is 0 Å². The number of pyridine rings is 1. The number of hydrogen-bond acceptors (Lipinski definition) is 2. The Hall–Kier alpha value is -1.83. The number of aromatic nitrogens is 1. The molecule has 0 aliphatic heterocycles. The van der Waals surface area contributed by atoms with Crippen LogP contribution in [0.3, 0.4) is 0 Å². The lowest BCUT2D eigenvalue weighted by Crippen LogP contribution is -2.08. The Labute approximate surface area is 108 Å². The lowest BCUT2D eigenvalue weighted by Gasteiger charge is -2.25. The monoisotopic (exact) mass is 238 g/mol. The fraction of sp³-hybridized carbons (Fsp3) is 0.312. The van der Waals surface area contributed by atoms with E-state index in [0.29, 0.717) is 0 Å². The third kappa shape index (κ3) is 2.23. The zero-order valence-corrected chi connectivity index (χ0v) is 10.5. The summed E-state index contributed by atoms with van der Waals surface area (Å²) in [7, 11) is 0. The Morgan fingerprint density at radius 2 is 1.89 bits per heavy atom. The molecule has 3 rings (SSSR count). The van der Waals surface area contributed by atoms with Crippen molar-refractivity contribution in [2.75, 3.05) is 5.73 Å². The average molecular weight is 238 g/mol. The minimum Gasteiger partial charge on any atom is -0.398 e. The van der Waals surface area contributed by atoms with Crippen molar-refractivity contribution in [3.05, 3.63) is 59.4 Å². The maximum absolute atomic E-state index is 5.94. The standard InChI is InChI=1S/C16H18N2/c17-16-8-9-18-11-15(16)10-12-4-6-14(7-5-12)13-2-1-3-13/h4-9,11,13H,1-3,10H2,(H2,17,18). The summed E-state index contributed by atoms with van der Waals surface area (Å²) in [6.07, 6.45) is 8.56. The first kappa shape index (κ1) is 11.3. The van der Waals surface area contributed by atoms with Crippen LogP contribution in [0.25, 0.3) is 0 Å². The number of nitrogen functional groups attached to an aromatic ring is 1. The van der Waals surface area contributed by atoms with Crippen molar-refractivity contribution in [2.45, 2.75) is 31.6 Å². The number of nitrogens with two attached hydrogens (primary N) is 1. The van der Waals surface area contributed by atoms with E-state index in [9.17, 15) is 0 Å². The highest BCUT2D eigenvalue weighted by atomic mass is 14.7. The van der Waals surface area contributed by atoms with Crippen molar-refractivity contribution in [3.63, 3.8) is 0 Å². The summed E-state index contributed by atoms with van der Waals surface area (Å²) in [5.41, 5.74) is 10.7. The Morgan fingerprint density at radius 1 is 1.11 bits per heavy atom. The highest BCUT2D eigenvalue weighted by Gasteiger charge is 2.18. The minimum atomic E-state index is 0.808. The highest BCUT2D eigenvalue weighted by molar-refractivity contribution is 5.46. The second-order valence-electron chi connectivity index (χ2n) is 5.12. The van der Waals surface area contributed by atoms with Gasteiger partial charge in [0.05, 0.1) is 0 Å². The molecule has 0 unspecified atom stereocenters. The molecule has 2 heteroatoms. The first-order valence-electron chi connectivity index (χ1n) is 6.60. The molecule has 1 aromatic carbocycles. The molecule has 0 bridgehead atoms. The van der Waals surface area contributed by atoms with Crippen LogP contribution in [-0.2, 0) is 6.42 Å². The SMILES string of the molecule is Nc1ccncc1Cc1ccc(C2CCC2)cc1. The van der Waals surface area contributed by atoms with Gasteiger partial charge < -0.3 is 5.73 Å². The predicted octanol–water partition coefficient (Wildman–Crippen LogP) is 3.52. The van der Waals surface area contributed by atoms with Gasteiger partial charge in [0, 0.05) is 24.5 Å². The number of nitrogens with zero attached hydrogens (tertiary/aromatic N) is 1. The molecule has 0 radical (unpaired) electrons. The summed E-state index contributed by atoms with van der Waals surface area (Å²) in [6.45, 7) is 0. The van der Waals surface area contributed by atoms with E-state index in [-0.39, 0.29) is 0 Å². The van der Waals surface area contributed by atoms with E-state index in [1.807, 2.05) is 12.3 Å². The Kier molecular flexibility index (Phi) is 3.01. The fourth-order valence-electron chi connectivity index (χ4n) is 2.45. The quantitative estimate of drug-likeness (QED) is 0.888. The Balaban J connectivity index is 1.75. The van der Waals surface area contributed by atoms with Crippen LogP contribution in [0.15, 0.2) is 42.7 Å². The van der Waals surface area contributed by atoms with E-state index in [0.717, 1.165) is 23.6 Å². The van der Waals surface area contributed by atoms with Crippen LogP contribution in [0.5, 0.6) is 0 Å². The van der Waals surface area contributed by atoms with Crippen molar-refractivity contribution in [1.82, 2.24) is 4.98 Å². The molecule has 1 aliphatic carbocycles. The van der Waals surface area contributed by atoms with Crippen LogP contribution in [0.1, 0.15) is 41.9 Å². The molecular weight excluding hydrogens is 220 g/mol. The molecule has 0 saturated heterocycles. The van der Waals surface area contributed by atoms with Gasteiger partial charge in [-0.3, -0.25) is 4.98 Å². The molecule has 0 amide bonds. The van der Waals surface area contributed by atoms with Gasteiger partial charge in [-0.1, -0.05) is 30.7 Å². The summed E-state index contributed by atoms with van der Waals surface area (Å²) in [5, 5.41) is 0. The molecular formula is C16H18N2. The van der Waals surface area contributed by atoms with Crippen LogP contribution in [-0.4, -0.2) is 4.98 Å². The molecule has 0 spiro atoms. The molecule has 1 saturated carbocycles. The molecule has 2 aromatic rings. The third-order valence-electron chi connectivity index (χ3n) is 3.89. The number of hydrogen-bond donors (Lipinski definition) is 1. The molecule has 18 heavy (non-hydrogen) atoms. The van der Waals surface area contributed by atoms with Crippen LogP contribution < -0.4 is 5.73 Å². The van der Waals surface area contributed by atoms with Crippen LogP contribution in [0, 0.1) is 0 Å². The fourth-order valence-corrected chi connectivity index (χ4v) is 2.45. The maximum Gasteiger partial charge on any atom is 0.0380 e. The van der Waals surface area contributed by atoms with E-state index in [2.05, 4.69) is 29.2 Å². The van der Waals surface area contributed by atoms with Crippen LogP contribution in [0.4, 0.5) is 5.69 Å². The second kappa shape index (κ2) is 4.81. The number of anilines is 1. The molecule has 1 aliphatic rings. The van der Waals surface area contributed by atoms with E-state index in [4.69, 9.17) is 5.73 Å². The molecule has 0 atom stereocenters. The van der Waals surface area contributed by atoms with Gasteiger partial charge in [0.2, 0.25) is 0 Å². The summed E-state index contributed by atoms with van der Waals surface area (Å²) >= 11 is 0. The van der Waals surface area contributed by atoms with Gasteiger partial charge in [-0.05, 0) is 41.5 Å². The van der Waals surface area contributed by atoms with Crippen molar-refractivity contribution in [2.24, 2.45) is 0 Å². The first-order chi connectivity index (χ1) is 8.83. The van der Waals surface area contributed by atoms with E-state index in [1.165, 1.54) is 30.4 Å². The maximum atomic E-state index is 5.94. The van der Waals surface area contributed by atoms with Crippen LogP contribution >= 0.6 is 0 Å². The number of benzene rings is 1. The Bertz CT molecular complexity index is 527. The summed E-state index contributed by atoms with van der Waals surface area (Å²) in [4.78, 5) is 4.13. The van der Waals surface area contributed by atoms with Crippen LogP contribution in [0.2, 0.25) is 0 Å². The van der Waals surface area contributed by atoms with Gasteiger partial charge in [0.1, 0.15) is 0 Å². The molecule has 1 aromatic heterocycles. The van der Waals surface area contributed by atoms with Crippen molar-refractivity contribution < 1.29 is 0 Å². The molecule has 1 heterocycles. The van der Waals surface area contributed by atoms with Gasteiger partial charge in [-0.2, -0.15) is 0 Å². The second-order valence-corrected chi connectivity index (χ2v) is 5.12. The smallest absolute Gasteiger partial charge is 0.0380 e. The molecule has 1 fully saturated rings. The summed E-state index contributed by atoms with van der Waals surface area (Å²) in [5.74, 6) is 0.808. The highest BCUT2D eigenvalue weighted by Crippen LogP contribution is 2.36. The van der Waals surface area contributed by atoms with Crippen molar-refractivity contribution >= 4 is 5.69 Å². The van der Waals surface area contributed by atoms with E-state index < -0.39 is 0 Å². The summed E-state index contributed by atoms with van der Waals surface area (Å²) in [6, 6.07) is 10.8. The van der Waals surface area contributed by atoms with E-state index >= 15 is 0 Å². The first-order valence-corrected chi connectivity index (χ1v) is 6.60. The number of rotatable bonds is 3. The van der Waals surface area contributed by atoms with Gasteiger partial charge in [-0.25, -0.2) is 0 Å².